The van der Waals surface area contributed by atoms with Crippen LogP contribution in [0.3, 0.4) is 0 Å². The lowest BCUT2D eigenvalue weighted by molar-refractivity contribution is -0.141. The van der Waals surface area contributed by atoms with Crippen molar-refractivity contribution in [2.45, 2.75) is 39.2 Å². The number of nitrogens with zero attached hydrogens (tertiary/aromatic N) is 1. The summed E-state index contributed by atoms with van der Waals surface area (Å²) in [6, 6.07) is 3.84. The van der Waals surface area contributed by atoms with Crippen molar-refractivity contribution in [2.24, 2.45) is 0 Å². The van der Waals surface area contributed by atoms with Crippen molar-refractivity contribution in [3.8, 4) is 0 Å². The first-order valence-electron chi connectivity index (χ1n) is 7.94. The minimum Gasteiger partial charge on any atom is -0.465 e. The third-order valence-corrected chi connectivity index (χ3v) is 4.73. The maximum atomic E-state index is 12.0. The van der Waals surface area contributed by atoms with E-state index >= 15 is 0 Å². The Morgan fingerprint density at radius 1 is 1.23 bits per heavy atom. The number of esters is 1. The lowest BCUT2D eigenvalue weighted by Crippen LogP contribution is -2.30. The molecule has 22 heavy (non-hydrogen) atoms. The lowest BCUT2D eigenvalue weighted by Gasteiger charge is -2.18. The zero-order valence-electron chi connectivity index (χ0n) is 13.1. The molecule has 0 unspecified atom stereocenters. The highest BCUT2D eigenvalue weighted by Gasteiger charge is 2.14. The highest BCUT2D eigenvalue weighted by Crippen LogP contribution is 2.20. The van der Waals surface area contributed by atoms with Crippen LogP contribution in [0.2, 0.25) is 0 Å². The van der Waals surface area contributed by atoms with E-state index in [1.807, 2.05) is 12.1 Å². The second-order valence-electron chi connectivity index (χ2n) is 5.44. The number of likely N-dealkylation sites (tertiary alicyclic amines) is 1. The summed E-state index contributed by atoms with van der Waals surface area (Å²) in [6.07, 6.45) is 5.17. The zero-order chi connectivity index (χ0) is 15.8. The number of nitrogens with one attached hydrogen (secondary N) is 1. The normalized spacial score (nSPS) is 16.0. The molecule has 0 aliphatic carbocycles. The predicted molar refractivity (Wildman–Crippen MR) is 87.0 cm³/mol. The summed E-state index contributed by atoms with van der Waals surface area (Å²) in [6.45, 7) is 5.19. The molecule has 0 bridgehead atoms. The maximum Gasteiger partial charge on any atom is 0.325 e. The second-order valence-corrected chi connectivity index (χ2v) is 6.61. The fourth-order valence-electron chi connectivity index (χ4n) is 2.55. The van der Waals surface area contributed by atoms with Crippen LogP contribution in [-0.2, 0) is 16.1 Å². The van der Waals surface area contributed by atoms with Gasteiger partial charge in [-0.05, 0) is 45.0 Å². The molecular formula is C16H24N2O3S. The Morgan fingerprint density at radius 3 is 2.64 bits per heavy atom. The Balaban J connectivity index is 1.82. The topological polar surface area (TPSA) is 58.6 Å². The van der Waals surface area contributed by atoms with Crippen molar-refractivity contribution >= 4 is 23.2 Å². The molecule has 1 aromatic heterocycles. The molecule has 1 amide bonds. The van der Waals surface area contributed by atoms with Gasteiger partial charge in [0.1, 0.15) is 6.54 Å². The molecule has 5 nitrogen and oxygen atoms in total. The van der Waals surface area contributed by atoms with Gasteiger partial charge in [-0.2, -0.15) is 0 Å². The number of carbonyl (C=O) groups is 2. The van der Waals surface area contributed by atoms with Crippen molar-refractivity contribution in [1.29, 1.82) is 0 Å². The quantitative estimate of drug-likeness (QED) is 0.817. The molecule has 1 aliphatic rings. The molecule has 1 aromatic rings. The molecule has 2 heterocycles. The monoisotopic (exact) mass is 324 g/mol. The summed E-state index contributed by atoms with van der Waals surface area (Å²) in [5.41, 5.74) is 0. The van der Waals surface area contributed by atoms with Gasteiger partial charge in [0.25, 0.3) is 5.91 Å². The van der Waals surface area contributed by atoms with Gasteiger partial charge in [0.2, 0.25) is 0 Å². The van der Waals surface area contributed by atoms with Crippen LogP contribution in [0.15, 0.2) is 12.1 Å². The first kappa shape index (κ1) is 17.0. The fraction of sp³-hybridized carbons (Fsp3) is 0.625. The molecule has 1 N–H and O–H groups in total. The maximum absolute atomic E-state index is 12.0. The Labute approximate surface area is 135 Å². The van der Waals surface area contributed by atoms with Gasteiger partial charge >= 0.3 is 5.97 Å². The van der Waals surface area contributed by atoms with Crippen LogP contribution in [0, 0.1) is 0 Å². The van der Waals surface area contributed by atoms with Crippen molar-refractivity contribution in [2.75, 3.05) is 26.2 Å². The summed E-state index contributed by atoms with van der Waals surface area (Å²) in [4.78, 5) is 27.5. The molecule has 0 atom stereocenters. The van der Waals surface area contributed by atoms with E-state index in [0.717, 1.165) is 19.6 Å². The van der Waals surface area contributed by atoms with Crippen molar-refractivity contribution in [3.63, 3.8) is 0 Å². The Kier molecular flexibility index (Phi) is 6.86. The average Bonchev–Trinajstić information content (AvgIpc) is 2.81. The van der Waals surface area contributed by atoms with E-state index in [4.69, 9.17) is 4.74 Å². The summed E-state index contributed by atoms with van der Waals surface area (Å²) in [5.74, 6) is -0.614. The smallest absolute Gasteiger partial charge is 0.325 e. The molecule has 0 saturated carbocycles. The number of amides is 1. The van der Waals surface area contributed by atoms with Gasteiger partial charge in [0.05, 0.1) is 11.5 Å². The fourth-order valence-corrected chi connectivity index (χ4v) is 3.52. The predicted octanol–water partition coefficient (Wildman–Crippen LogP) is 2.42. The third-order valence-electron chi connectivity index (χ3n) is 3.66. The summed E-state index contributed by atoms with van der Waals surface area (Å²) < 4.78 is 4.79. The average molecular weight is 324 g/mol. The Bertz CT molecular complexity index is 493. The van der Waals surface area contributed by atoms with Gasteiger partial charge in [-0.25, -0.2) is 0 Å². The van der Waals surface area contributed by atoms with Gasteiger partial charge in [0, 0.05) is 11.4 Å². The second kappa shape index (κ2) is 8.90. The molecule has 122 valence electrons. The van der Waals surface area contributed by atoms with Gasteiger partial charge in [-0.1, -0.05) is 12.8 Å². The standard InChI is InChI=1S/C16H24N2O3S/c1-2-21-15(19)11-17-16(20)14-8-7-13(22-14)12-18-9-5-3-4-6-10-18/h7-8H,2-6,9-12H2,1H3,(H,17,20). The van der Waals surface area contributed by atoms with Crippen molar-refractivity contribution in [3.05, 3.63) is 21.9 Å². The van der Waals surface area contributed by atoms with Crippen LogP contribution < -0.4 is 5.32 Å². The van der Waals surface area contributed by atoms with E-state index in [-0.39, 0.29) is 12.5 Å². The zero-order valence-corrected chi connectivity index (χ0v) is 13.9. The number of ether oxygens (including phenoxy) is 1. The van der Waals surface area contributed by atoms with E-state index in [2.05, 4.69) is 10.2 Å². The summed E-state index contributed by atoms with van der Waals surface area (Å²) >= 11 is 1.50. The Hall–Kier alpha value is -1.40. The van der Waals surface area contributed by atoms with Crippen LogP contribution in [0.25, 0.3) is 0 Å². The largest absolute Gasteiger partial charge is 0.465 e. The number of rotatable bonds is 6. The summed E-state index contributed by atoms with van der Waals surface area (Å²) in [7, 11) is 0. The molecule has 1 fully saturated rings. The van der Waals surface area contributed by atoms with E-state index in [1.165, 1.54) is 41.9 Å². The van der Waals surface area contributed by atoms with Crippen molar-refractivity contribution in [1.82, 2.24) is 10.2 Å². The molecule has 0 spiro atoms. The minimum absolute atomic E-state index is 0.0773. The first-order chi connectivity index (χ1) is 10.7. The first-order valence-corrected chi connectivity index (χ1v) is 8.75. The number of hydrogen-bond acceptors (Lipinski definition) is 5. The van der Waals surface area contributed by atoms with Crippen LogP contribution >= 0.6 is 11.3 Å². The lowest BCUT2D eigenvalue weighted by atomic mass is 10.2. The van der Waals surface area contributed by atoms with Gasteiger partial charge in [-0.15, -0.1) is 11.3 Å². The highest BCUT2D eigenvalue weighted by molar-refractivity contribution is 7.14. The molecule has 1 saturated heterocycles. The van der Waals surface area contributed by atoms with Gasteiger partial charge in [0.15, 0.2) is 0 Å². The number of carbonyl (C=O) groups excluding carboxylic acids is 2. The van der Waals surface area contributed by atoms with Gasteiger partial charge in [-0.3, -0.25) is 14.5 Å². The van der Waals surface area contributed by atoms with E-state index in [0.29, 0.717) is 11.5 Å². The molecule has 0 aromatic carbocycles. The van der Waals surface area contributed by atoms with Crippen LogP contribution in [-0.4, -0.2) is 43.0 Å². The molecule has 0 radical (unpaired) electrons. The molecule has 1 aliphatic heterocycles. The van der Waals surface area contributed by atoms with Gasteiger partial charge < -0.3 is 10.1 Å². The minimum atomic E-state index is -0.405. The van der Waals surface area contributed by atoms with Crippen LogP contribution in [0.4, 0.5) is 0 Å². The van der Waals surface area contributed by atoms with E-state index in [1.54, 1.807) is 6.92 Å². The van der Waals surface area contributed by atoms with E-state index in [9.17, 15) is 9.59 Å². The number of hydrogen-bond donors (Lipinski definition) is 1. The Morgan fingerprint density at radius 2 is 1.95 bits per heavy atom. The third kappa shape index (κ3) is 5.42. The summed E-state index contributed by atoms with van der Waals surface area (Å²) in [5, 5.41) is 2.59. The SMILES string of the molecule is CCOC(=O)CNC(=O)c1ccc(CN2CCCCCC2)s1. The molecule has 6 heteroatoms. The van der Waals surface area contributed by atoms with E-state index < -0.39 is 5.97 Å². The number of thiophene rings is 1. The van der Waals surface area contributed by atoms with Crippen LogP contribution in [0.5, 0.6) is 0 Å². The molecular weight excluding hydrogens is 300 g/mol. The molecule has 2 rings (SSSR count). The highest BCUT2D eigenvalue weighted by atomic mass is 32.1. The van der Waals surface area contributed by atoms with Crippen LogP contribution in [0.1, 0.15) is 47.2 Å². The van der Waals surface area contributed by atoms with Crippen molar-refractivity contribution < 1.29 is 14.3 Å².